The van der Waals surface area contributed by atoms with Gasteiger partial charge in [-0.3, -0.25) is 4.79 Å². The van der Waals surface area contributed by atoms with Gasteiger partial charge >= 0.3 is 0 Å². The predicted molar refractivity (Wildman–Crippen MR) is 60.9 cm³/mol. The molecule has 2 heteroatoms. The number of Topliss-reactive ketones (excluding diaryl/α,β-unsaturated/α-hetero) is 1. The molecule has 1 rings (SSSR count). The van der Waals surface area contributed by atoms with Crippen molar-refractivity contribution < 1.29 is 9.90 Å². The predicted octanol–water partition coefficient (Wildman–Crippen LogP) is 2.97. The molecule has 0 aliphatic heterocycles. The molecule has 0 amide bonds. The lowest BCUT2D eigenvalue weighted by molar-refractivity contribution is 0.0626. The van der Waals surface area contributed by atoms with E-state index in [0.717, 1.165) is 5.56 Å². The van der Waals surface area contributed by atoms with E-state index in [0.29, 0.717) is 5.56 Å². The van der Waals surface area contributed by atoms with Crippen molar-refractivity contribution in [3.63, 3.8) is 0 Å². The molecule has 1 aromatic rings. The van der Waals surface area contributed by atoms with Gasteiger partial charge in [0.05, 0.1) is 6.10 Å². The van der Waals surface area contributed by atoms with Crippen LogP contribution in [-0.2, 0) is 0 Å². The Morgan fingerprint density at radius 3 is 2.00 bits per heavy atom. The molecule has 0 aliphatic rings. The Labute approximate surface area is 90.9 Å². The van der Waals surface area contributed by atoms with Crippen molar-refractivity contribution in [1.82, 2.24) is 0 Å². The number of rotatable bonds is 2. The third-order valence-electron chi connectivity index (χ3n) is 2.45. The van der Waals surface area contributed by atoms with E-state index in [1.54, 1.807) is 12.1 Å². The number of hydrogen-bond acceptors (Lipinski definition) is 2. The molecule has 15 heavy (non-hydrogen) atoms. The monoisotopic (exact) mass is 206 g/mol. The maximum atomic E-state index is 11.1. The molecule has 1 unspecified atom stereocenters. The number of carbonyl (C=O) groups is 1. The van der Waals surface area contributed by atoms with E-state index in [1.165, 1.54) is 6.92 Å². The number of aliphatic hydroxyl groups excluding tert-OH is 1. The SMILES string of the molecule is CC(=O)c1ccc(C(O)C(C)(C)C)cc1. The lowest BCUT2D eigenvalue weighted by Gasteiger charge is -2.26. The summed E-state index contributed by atoms with van der Waals surface area (Å²) in [5.74, 6) is 0.0480. The van der Waals surface area contributed by atoms with Crippen molar-refractivity contribution in [2.24, 2.45) is 5.41 Å². The highest BCUT2D eigenvalue weighted by Crippen LogP contribution is 2.32. The quantitative estimate of drug-likeness (QED) is 0.755. The van der Waals surface area contributed by atoms with E-state index < -0.39 is 6.10 Å². The first kappa shape index (κ1) is 11.9. The molecule has 0 saturated carbocycles. The largest absolute Gasteiger partial charge is 0.388 e. The fraction of sp³-hybridized carbons (Fsp3) is 0.462. The van der Waals surface area contributed by atoms with E-state index >= 15 is 0 Å². The fourth-order valence-electron chi connectivity index (χ4n) is 1.40. The third kappa shape index (κ3) is 2.90. The van der Waals surface area contributed by atoms with Crippen molar-refractivity contribution in [3.05, 3.63) is 35.4 Å². The van der Waals surface area contributed by atoms with E-state index in [4.69, 9.17) is 0 Å². The maximum absolute atomic E-state index is 11.1. The molecule has 2 nitrogen and oxygen atoms in total. The topological polar surface area (TPSA) is 37.3 Å². The van der Waals surface area contributed by atoms with E-state index in [9.17, 15) is 9.90 Å². The summed E-state index contributed by atoms with van der Waals surface area (Å²) in [7, 11) is 0. The van der Waals surface area contributed by atoms with Gasteiger partial charge in [-0.2, -0.15) is 0 Å². The lowest BCUT2D eigenvalue weighted by atomic mass is 9.84. The molecular weight excluding hydrogens is 188 g/mol. The van der Waals surface area contributed by atoms with Crippen molar-refractivity contribution in [1.29, 1.82) is 0 Å². The highest BCUT2D eigenvalue weighted by Gasteiger charge is 2.23. The van der Waals surface area contributed by atoms with Gasteiger partial charge in [0.25, 0.3) is 0 Å². The van der Waals surface area contributed by atoms with Crippen LogP contribution in [0.1, 0.15) is 49.7 Å². The molecule has 1 atom stereocenters. The standard InChI is InChI=1S/C13H18O2/c1-9(14)10-5-7-11(8-6-10)12(15)13(2,3)4/h5-8,12,15H,1-4H3. The molecule has 0 bridgehead atoms. The van der Waals surface area contributed by atoms with Crippen LogP contribution in [-0.4, -0.2) is 10.9 Å². The summed E-state index contributed by atoms with van der Waals surface area (Å²) in [5.41, 5.74) is 1.35. The minimum absolute atomic E-state index is 0.0480. The summed E-state index contributed by atoms with van der Waals surface area (Å²) >= 11 is 0. The van der Waals surface area contributed by atoms with Gasteiger partial charge < -0.3 is 5.11 Å². The minimum atomic E-state index is -0.501. The van der Waals surface area contributed by atoms with Gasteiger partial charge in [-0.1, -0.05) is 45.0 Å². The number of ketones is 1. The Kier molecular flexibility index (Phi) is 3.30. The van der Waals surface area contributed by atoms with Crippen molar-refractivity contribution in [2.45, 2.75) is 33.8 Å². The van der Waals surface area contributed by atoms with Crippen LogP contribution in [0.2, 0.25) is 0 Å². The highest BCUT2D eigenvalue weighted by atomic mass is 16.3. The summed E-state index contributed by atoms with van der Waals surface area (Å²) in [6.45, 7) is 7.48. The number of hydrogen-bond donors (Lipinski definition) is 1. The maximum Gasteiger partial charge on any atom is 0.159 e. The van der Waals surface area contributed by atoms with Crippen LogP contribution >= 0.6 is 0 Å². The van der Waals surface area contributed by atoms with Crippen molar-refractivity contribution in [2.75, 3.05) is 0 Å². The molecule has 1 aromatic carbocycles. The molecule has 0 saturated heterocycles. The number of carbonyl (C=O) groups excluding carboxylic acids is 1. The van der Waals surface area contributed by atoms with Crippen LogP contribution in [0.5, 0.6) is 0 Å². The van der Waals surface area contributed by atoms with Gasteiger partial charge in [-0.25, -0.2) is 0 Å². The first-order valence-electron chi connectivity index (χ1n) is 5.11. The van der Waals surface area contributed by atoms with Gasteiger partial charge in [-0.15, -0.1) is 0 Å². The Bertz CT molecular complexity index is 344. The number of benzene rings is 1. The molecule has 0 aromatic heterocycles. The van der Waals surface area contributed by atoms with E-state index in [2.05, 4.69) is 0 Å². The van der Waals surface area contributed by atoms with Gasteiger partial charge in [0.15, 0.2) is 5.78 Å². The Morgan fingerprint density at radius 2 is 1.67 bits per heavy atom. The summed E-state index contributed by atoms with van der Waals surface area (Å²) in [6, 6.07) is 7.14. The zero-order chi connectivity index (χ0) is 11.6. The highest BCUT2D eigenvalue weighted by molar-refractivity contribution is 5.94. The lowest BCUT2D eigenvalue weighted by Crippen LogP contribution is -2.17. The van der Waals surface area contributed by atoms with Crippen LogP contribution < -0.4 is 0 Å². The second-order valence-corrected chi connectivity index (χ2v) is 4.95. The summed E-state index contributed by atoms with van der Waals surface area (Å²) in [4.78, 5) is 11.1. The van der Waals surface area contributed by atoms with Gasteiger partial charge in [0.1, 0.15) is 0 Å². The number of aliphatic hydroxyl groups is 1. The molecule has 0 heterocycles. The van der Waals surface area contributed by atoms with Crippen LogP contribution in [0.3, 0.4) is 0 Å². The van der Waals surface area contributed by atoms with Crippen molar-refractivity contribution >= 4 is 5.78 Å². The first-order valence-corrected chi connectivity index (χ1v) is 5.11. The zero-order valence-electron chi connectivity index (χ0n) is 9.74. The Balaban J connectivity index is 2.94. The van der Waals surface area contributed by atoms with Gasteiger partial charge in [0.2, 0.25) is 0 Å². The molecule has 0 aliphatic carbocycles. The second-order valence-electron chi connectivity index (χ2n) is 4.95. The zero-order valence-corrected chi connectivity index (χ0v) is 9.74. The molecule has 82 valence electrons. The smallest absolute Gasteiger partial charge is 0.159 e. The third-order valence-corrected chi connectivity index (χ3v) is 2.45. The minimum Gasteiger partial charge on any atom is -0.388 e. The summed E-state index contributed by atoms with van der Waals surface area (Å²) in [5, 5.41) is 10.0. The normalized spacial score (nSPS) is 13.7. The average molecular weight is 206 g/mol. The Morgan fingerprint density at radius 1 is 1.20 bits per heavy atom. The van der Waals surface area contributed by atoms with E-state index in [-0.39, 0.29) is 11.2 Å². The van der Waals surface area contributed by atoms with Crippen LogP contribution in [0.25, 0.3) is 0 Å². The first-order chi connectivity index (χ1) is 6.82. The van der Waals surface area contributed by atoms with Crippen molar-refractivity contribution in [3.8, 4) is 0 Å². The second kappa shape index (κ2) is 4.15. The summed E-state index contributed by atoms with van der Waals surface area (Å²) in [6.07, 6.45) is -0.501. The van der Waals surface area contributed by atoms with Gasteiger partial charge in [0, 0.05) is 5.56 Å². The van der Waals surface area contributed by atoms with Crippen LogP contribution in [0.15, 0.2) is 24.3 Å². The Hall–Kier alpha value is -1.15. The van der Waals surface area contributed by atoms with Gasteiger partial charge in [-0.05, 0) is 17.9 Å². The van der Waals surface area contributed by atoms with Crippen LogP contribution in [0, 0.1) is 5.41 Å². The molecule has 1 N–H and O–H groups in total. The van der Waals surface area contributed by atoms with Crippen LogP contribution in [0.4, 0.5) is 0 Å². The molecular formula is C13H18O2. The fourth-order valence-corrected chi connectivity index (χ4v) is 1.40. The average Bonchev–Trinajstić information content (AvgIpc) is 2.15. The summed E-state index contributed by atoms with van der Waals surface area (Å²) < 4.78 is 0. The van der Waals surface area contributed by atoms with E-state index in [1.807, 2.05) is 32.9 Å². The molecule has 0 spiro atoms. The molecule has 0 fully saturated rings. The molecule has 0 radical (unpaired) electrons.